The van der Waals surface area contributed by atoms with E-state index in [1.165, 1.54) is 72.7 Å². The fourth-order valence-electron chi connectivity index (χ4n) is 10.3. The van der Waals surface area contributed by atoms with E-state index < -0.39 is 0 Å². The summed E-state index contributed by atoms with van der Waals surface area (Å²) in [4.78, 5) is 4.88. The molecule has 54 heavy (non-hydrogen) atoms. The topological polar surface area (TPSA) is 24.9 Å². The van der Waals surface area contributed by atoms with E-state index in [-0.39, 0.29) is 10.8 Å². The largest absolute Gasteiger partial charge is 0.458 e. The molecule has 4 nitrogen and oxygen atoms in total. The van der Waals surface area contributed by atoms with Gasteiger partial charge in [-0.2, -0.15) is 0 Å². The van der Waals surface area contributed by atoms with Crippen LogP contribution in [0.1, 0.15) is 86.8 Å². The summed E-state index contributed by atoms with van der Waals surface area (Å²) in [6, 6.07) is 31.6. The van der Waals surface area contributed by atoms with Crippen molar-refractivity contribution in [1.29, 1.82) is 0 Å². The molecule has 4 heteroatoms. The van der Waals surface area contributed by atoms with Gasteiger partial charge >= 0.3 is 0 Å². The number of hydrogen-bond donors (Lipinski definition) is 0. The molecule has 4 aliphatic carbocycles. The minimum Gasteiger partial charge on any atom is -0.458 e. The maximum Gasteiger partial charge on any atom is 0.151 e. The third-order valence-corrected chi connectivity index (χ3v) is 12.9. The van der Waals surface area contributed by atoms with Crippen LogP contribution in [0.3, 0.4) is 0 Å². The highest BCUT2D eigenvalue weighted by molar-refractivity contribution is 5.95. The fourth-order valence-corrected chi connectivity index (χ4v) is 10.3. The molecule has 0 aromatic heterocycles. The Kier molecular flexibility index (Phi) is 6.42. The lowest BCUT2D eigenvalue weighted by Crippen LogP contribution is -2.30. The van der Waals surface area contributed by atoms with Gasteiger partial charge in [-0.1, -0.05) is 64.1 Å². The van der Waals surface area contributed by atoms with E-state index in [0.29, 0.717) is 0 Å². The van der Waals surface area contributed by atoms with Gasteiger partial charge in [0.15, 0.2) is 11.5 Å². The SMILES string of the molecule is Cc1cc(N2C3=C(CCC=C3)OC3=C2CCC=C3)cc2c1-c1cc3c(cc1C2(C)C)-c1c(C)cc(N2c4ccccc4Oc4ccccc42)cc1C3(C)C. The lowest BCUT2D eigenvalue weighted by Gasteiger charge is -2.38. The lowest BCUT2D eigenvalue weighted by molar-refractivity contribution is 0.281. The second kappa shape index (κ2) is 10.9. The predicted molar refractivity (Wildman–Crippen MR) is 220 cm³/mol. The number of para-hydroxylation sites is 4. The first-order valence-electron chi connectivity index (χ1n) is 19.5. The molecule has 11 rings (SSSR count). The third-order valence-electron chi connectivity index (χ3n) is 12.9. The average molecular weight is 705 g/mol. The quantitative estimate of drug-likeness (QED) is 0.179. The van der Waals surface area contributed by atoms with Gasteiger partial charge < -0.3 is 19.3 Å². The van der Waals surface area contributed by atoms with Gasteiger partial charge in [-0.25, -0.2) is 0 Å². The number of aryl methyl sites for hydroxylation is 2. The van der Waals surface area contributed by atoms with E-state index in [4.69, 9.17) is 9.47 Å². The Labute approximate surface area is 318 Å². The number of ether oxygens (including phenoxy) is 2. The van der Waals surface area contributed by atoms with E-state index in [9.17, 15) is 0 Å². The normalized spacial score (nSPS) is 18.9. The van der Waals surface area contributed by atoms with Crippen molar-refractivity contribution in [3.05, 3.63) is 166 Å². The molecule has 266 valence electrons. The van der Waals surface area contributed by atoms with Crippen molar-refractivity contribution in [3.63, 3.8) is 0 Å². The molecule has 5 aromatic carbocycles. The molecular formula is C50H44N2O2. The van der Waals surface area contributed by atoms with Crippen LogP contribution < -0.4 is 14.5 Å². The second-order valence-electron chi connectivity index (χ2n) is 16.9. The molecule has 0 saturated heterocycles. The van der Waals surface area contributed by atoms with E-state index in [1.807, 2.05) is 12.1 Å². The molecule has 0 fully saturated rings. The van der Waals surface area contributed by atoms with Crippen LogP contribution >= 0.6 is 0 Å². The lowest BCUT2D eigenvalue weighted by atomic mass is 9.79. The van der Waals surface area contributed by atoms with Crippen LogP contribution in [0.4, 0.5) is 22.7 Å². The van der Waals surface area contributed by atoms with Gasteiger partial charge in [0.05, 0.1) is 22.8 Å². The van der Waals surface area contributed by atoms with E-state index >= 15 is 0 Å². The number of fused-ring (bicyclic) bond motifs is 8. The third kappa shape index (κ3) is 4.20. The summed E-state index contributed by atoms with van der Waals surface area (Å²) in [6.45, 7) is 14.3. The summed E-state index contributed by atoms with van der Waals surface area (Å²) in [5, 5.41) is 0. The summed E-state index contributed by atoms with van der Waals surface area (Å²) >= 11 is 0. The summed E-state index contributed by atoms with van der Waals surface area (Å²) in [6.07, 6.45) is 13.0. The summed E-state index contributed by atoms with van der Waals surface area (Å²) in [5.74, 6) is 3.85. The van der Waals surface area contributed by atoms with E-state index in [0.717, 1.165) is 65.8 Å². The van der Waals surface area contributed by atoms with Crippen LogP contribution in [-0.4, -0.2) is 0 Å². The molecule has 2 aliphatic heterocycles. The van der Waals surface area contributed by atoms with E-state index in [2.05, 4.69) is 148 Å². The minimum absolute atomic E-state index is 0.169. The molecule has 0 unspecified atom stereocenters. The monoisotopic (exact) mass is 704 g/mol. The zero-order valence-corrected chi connectivity index (χ0v) is 31.9. The van der Waals surface area contributed by atoms with Gasteiger partial charge in [-0.15, -0.1) is 0 Å². The van der Waals surface area contributed by atoms with Crippen LogP contribution in [0.2, 0.25) is 0 Å². The highest BCUT2D eigenvalue weighted by Gasteiger charge is 2.44. The highest BCUT2D eigenvalue weighted by atomic mass is 16.5. The molecule has 5 aromatic rings. The van der Waals surface area contributed by atoms with Crippen molar-refractivity contribution < 1.29 is 9.47 Å². The number of nitrogens with zero attached hydrogens (tertiary/aromatic N) is 2. The van der Waals surface area contributed by atoms with Crippen LogP contribution in [0.5, 0.6) is 11.5 Å². The molecule has 6 aliphatic rings. The molecule has 0 saturated carbocycles. The standard InChI is InChI=1S/C50H44N2O2/c1-29-23-31(51-39-15-7-11-19-43(39)53-44-20-12-8-16-40(44)51)25-37-47(29)33-27-36-34(28-35(33)49(37,3)4)48-30(2)24-32(26-38(48)50(36,5)6)52-41-17-9-13-21-45(41)54-46-22-14-10-18-42(46)52/h7-9,11-12,14-17,19-20,22-28H,10,13,18,21H2,1-6H3. The Hall–Kier alpha value is -5.74. The average Bonchev–Trinajstić information content (AvgIpc) is 3.54. The Balaban J connectivity index is 1.05. The second-order valence-corrected chi connectivity index (χ2v) is 16.9. The summed E-state index contributed by atoms with van der Waals surface area (Å²) in [7, 11) is 0. The molecule has 0 spiro atoms. The van der Waals surface area contributed by atoms with Crippen LogP contribution in [0, 0.1) is 13.8 Å². The highest BCUT2D eigenvalue weighted by Crippen LogP contribution is 2.60. The van der Waals surface area contributed by atoms with Gasteiger partial charge in [0.25, 0.3) is 0 Å². The zero-order chi connectivity index (χ0) is 36.7. The van der Waals surface area contributed by atoms with Crippen LogP contribution in [0.15, 0.2) is 132 Å². The van der Waals surface area contributed by atoms with Crippen LogP contribution in [-0.2, 0) is 15.6 Å². The van der Waals surface area contributed by atoms with Crippen molar-refractivity contribution in [2.75, 3.05) is 9.80 Å². The van der Waals surface area contributed by atoms with Crippen molar-refractivity contribution in [2.24, 2.45) is 0 Å². The van der Waals surface area contributed by atoms with Gasteiger partial charge in [-0.3, -0.25) is 0 Å². The molecule has 0 bridgehead atoms. The smallest absolute Gasteiger partial charge is 0.151 e. The number of rotatable bonds is 2. The van der Waals surface area contributed by atoms with Crippen molar-refractivity contribution in [1.82, 2.24) is 0 Å². The number of hydrogen-bond acceptors (Lipinski definition) is 4. The summed E-state index contributed by atoms with van der Waals surface area (Å²) in [5.41, 5.74) is 20.4. The molecule has 2 heterocycles. The summed E-state index contributed by atoms with van der Waals surface area (Å²) < 4.78 is 12.9. The van der Waals surface area contributed by atoms with Gasteiger partial charge in [0.1, 0.15) is 11.5 Å². The van der Waals surface area contributed by atoms with Crippen molar-refractivity contribution >= 4 is 22.7 Å². The van der Waals surface area contributed by atoms with Gasteiger partial charge in [0.2, 0.25) is 0 Å². The fraction of sp³-hybridized carbons (Fsp3) is 0.240. The molecular weight excluding hydrogens is 661 g/mol. The Morgan fingerprint density at radius 3 is 1.70 bits per heavy atom. The molecule has 0 radical (unpaired) electrons. The van der Waals surface area contributed by atoms with Gasteiger partial charge in [-0.05, 0) is 162 Å². The number of anilines is 4. The first kappa shape index (κ1) is 31.8. The Bertz CT molecular complexity index is 2600. The first-order valence-corrected chi connectivity index (χ1v) is 19.5. The first-order chi connectivity index (χ1) is 26.1. The molecule has 0 atom stereocenters. The Morgan fingerprint density at radius 2 is 1.09 bits per heavy atom. The van der Waals surface area contributed by atoms with Crippen molar-refractivity contribution in [2.45, 2.75) is 78.1 Å². The zero-order valence-electron chi connectivity index (χ0n) is 31.9. The number of allylic oxidation sites excluding steroid dienone is 6. The van der Waals surface area contributed by atoms with Crippen molar-refractivity contribution in [3.8, 4) is 33.8 Å². The van der Waals surface area contributed by atoms with Crippen LogP contribution in [0.25, 0.3) is 22.3 Å². The maximum atomic E-state index is 6.51. The predicted octanol–water partition coefficient (Wildman–Crippen LogP) is 13.5. The minimum atomic E-state index is -0.187. The molecule has 0 amide bonds. The van der Waals surface area contributed by atoms with Gasteiger partial charge in [0, 0.05) is 28.6 Å². The number of benzene rings is 5. The maximum absolute atomic E-state index is 6.51. The van der Waals surface area contributed by atoms with E-state index in [1.54, 1.807) is 0 Å². The molecule has 0 N–H and O–H groups in total. The Morgan fingerprint density at radius 1 is 0.556 bits per heavy atom.